The lowest BCUT2D eigenvalue weighted by Crippen LogP contribution is -2.42. The highest BCUT2D eigenvalue weighted by molar-refractivity contribution is 6.31. The first-order valence-corrected chi connectivity index (χ1v) is 11.0. The van der Waals surface area contributed by atoms with Crippen LogP contribution < -0.4 is 4.90 Å². The van der Waals surface area contributed by atoms with E-state index >= 15 is 0 Å². The van der Waals surface area contributed by atoms with E-state index < -0.39 is 5.41 Å². The zero-order chi connectivity index (χ0) is 21.8. The normalized spacial score (nSPS) is 18.5. The lowest BCUT2D eigenvalue weighted by Gasteiger charge is -2.29. The molecule has 2 aliphatic heterocycles. The average molecular weight is 438 g/mol. The van der Waals surface area contributed by atoms with Crippen LogP contribution in [-0.4, -0.2) is 42.0 Å². The molecule has 2 aromatic carbocycles. The maximum atomic E-state index is 13.5. The van der Waals surface area contributed by atoms with Crippen LogP contribution in [0.3, 0.4) is 0 Å². The number of aromatic amines is 1. The summed E-state index contributed by atoms with van der Waals surface area (Å²) in [5, 5.41) is 1.72. The molecule has 0 saturated carbocycles. The van der Waals surface area contributed by atoms with Gasteiger partial charge in [0, 0.05) is 59.6 Å². The van der Waals surface area contributed by atoms with Crippen molar-refractivity contribution in [3.63, 3.8) is 0 Å². The highest BCUT2D eigenvalue weighted by Crippen LogP contribution is 2.42. The largest absolute Gasteiger partial charge is 0.360 e. The number of rotatable bonds is 4. The predicted octanol–water partition coefficient (Wildman–Crippen LogP) is 5.37. The number of amides is 1. The van der Waals surface area contributed by atoms with Gasteiger partial charge in [0.25, 0.3) is 0 Å². The molecule has 3 heterocycles. The van der Waals surface area contributed by atoms with E-state index in [1.165, 1.54) is 17.7 Å². The Bertz CT molecular complexity index is 1210. The van der Waals surface area contributed by atoms with E-state index in [1.54, 1.807) is 0 Å². The Morgan fingerprint density at radius 3 is 2.77 bits per heavy atom. The molecule has 4 nitrogen and oxygen atoms in total. The molecule has 160 valence electrons. The third-order valence-corrected chi connectivity index (χ3v) is 6.86. The number of benzene rings is 2. The maximum Gasteiger partial charge on any atom is 0.237 e. The van der Waals surface area contributed by atoms with Gasteiger partial charge in [-0.05, 0) is 67.8 Å². The molecule has 0 atom stereocenters. The van der Waals surface area contributed by atoms with Gasteiger partial charge < -0.3 is 9.88 Å². The number of halogens is 2. The fourth-order valence-electron chi connectivity index (χ4n) is 4.79. The highest BCUT2D eigenvalue weighted by atomic mass is 35.5. The number of hydrogen-bond donors (Lipinski definition) is 1. The van der Waals surface area contributed by atoms with Gasteiger partial charge in [0.15, 0.2) is 0 Å². The second-order valence-corrected chi connectivity index (χ2v) is 9.35. The van der Waals surface area contributed by atoms with Crippen molar-refractivity contribution < 1.29 is 9.18 Å². The summed E-state index contributed by atoms with van der Waals surface area (Å²) in [6.45, 7) is 7.17. The van der Waals surface area contributed by atoms with Gasteiger partial charge in [0.05, 0.1) is 5.41 Å². The zero-order valence-electron chi connectivity index (χ0n) is 17.7. The van der Waals surface area contributed by atoms with Crippen LogP contribution in [0.5, 0.6) is 0 Å². The summed E-state index contributed by atoms with van der Waals surface area (Å²) in [5.41, 5.74) is 4.68. The molecule has 1 amide bonds. The Morgan fingerprint density at radius 1 is 1.16 bits per heavy atom. The lowest BCUT2D eigenvalue weighted by atomic mass is 9.86. The number of anilines is 1. The van der Waals surface area contributed by atoms with Gasteiger partial charge in [0.2, 0.25) is 5.91 Å². The molecular formula is C25H25ClFN3O. The Morgan fingerprint density at radius 2 is 2.00 bits per heavy atom. The first kappa shape index (κ1) is 20.3. The second-order valence-electron chi connectivity index (χ2n) is 8.92. The van der Waals surface area contributed by atoms with E-state index in [-0.39, 0.29) is 11.7 Å². The topological polar surface area (TPSA) is 39.3 Å². The van der Waals surface area contributed by atoms with Crippen molar-refractivity contribution in [3.8, 4) is 0 Å². The average Bonchev–Trinajstić information content (AvgIpc) is 3.24. The van der Waals surface area contributed by atoms with Crippen molar-refractivity contribution in [2.75, 3.05) is 31.1 Å². The number of hydrogen-bond acceptors (Lipinski definition) is 2. The van der Waals surface area contributed by atoms with E-state index in [9.17, 15) is 9.18 Å². The number of nitrogens with one attached hydrogen (secondary N) is 1. The minimum Gasteiger partial charge on any atom is -0.360 e. The van der Waals surface area contributed by atoms with Crippen molar-refractivity contribution >= 4 is 39.7 Å². The number of H-pyrrole nitrogens is 1. The van der Waals surface area contributed by atoms with Crippen LogP contribution in [0.4, 0.5) is 10.1 Å². The third kappa shape index (κ3) is 3.46. The van der Waals surface area contributed by atoms with Crippen LogP contribution in [0.25, 0.3) is 16.5 Å². The van der Waals surface area contributed by atoms with E-state index in [2.05, 4.69) is 16.0 Å². The fraction of sp³-hybridized carbons (Fsp3) is 0.320. The first-order chi connectivity index (χ1) is 14.8. The van der Waals surface area contributed by atoms with Gasteiger partial charge in [-0.15, -0.1) is 0 Å². The number of fused-ring (bicyclic) bond motifs is 2. The smallest absolute Gasteiger partial charge is 0.237 e. The Kier molecular flexibility index (Phi) is 4.91. The van der Waals surface area contributed by atoms with Crippen LogP contribution in [-0.2, 0) is 10.2 Å². The molecule has 0 saturated heterocycles. The molecule has 0 fully saturated rings. The number of nitrogens with zero attached hydrogens (tertiary/aromatic N) is 2. The Hall–Kier alpha value is -2.63. The second kappa shape index (κ2) is 7.50. The van der Waals surface area contributed by atoms with Crippen LogP contribution in [0.2, 0.25) is 5.02 Å². The summed E-state index contributed by atoms with van der Waals surface area (Å²) in [6.07, 6.45) is 5.15. The zero-order valence-corrected chi connectivity index (χ0v) is 18.5. The molecule has 2 aliphatic rings. The van der Waals surface area contributed by atoms with E-state index in [0.29, 0.717) is 11.6 Å². The summed E-state index contributed by atoms with van der Waals surface area (Å²) in [6, 6.07) is 10.6. The van der Waals surface area contributed by atoms with Crippen LogP contribution >= 0.6 is 11.6 Å². The van der Waals surface area contributed by atoms with Gasteiger partial charge in [-0.25, -0.2) is 4.39 Å². The Balaban J connectivity index is 1.28. The van der Waals surface area contributed by atoms with Gasteiger partial charge in [0.1, 0.15) is 5.82 Å². The predicted molar refractivity (Wildman–Crippen MR) is 124 cm³/mol. The SMILES string of the molecule is CC1(C)C(=O)N(CCN2CC=C(c3c[nH]c4cc(F)ccc34)CC2)c2ccc(Cl)cc21. The number of carbonyl (C=O) groups is 1. The van der Waals surface area contributed by atoms with Crippen molar-refractivity contribution in [1.82, 2.24) is 9.88 Å². The minimum absolute atomic E-state index is 0.129. The summed E-state index contributed by atoms with van der Waals surface area (Å²) in [4.78, 5) is 20.5. The molecule has 1 N–H and O–H groups in total. The monoisotopic (exact) mass is 437 g/mol. The summed E-state index contributed by atoms with van der Waals surface area (Å²) >= 11 is 6.18. The third-order valence-electron chi connectivity index (χ3n) is 6.63. The Labute approximate surface area is 186 Å². The highest BCUT2D eigenvalue weighted by Gasteiger charge is 2.43. The summed E-state index contributed by atoms with van der Waals surface area (Å²) < 4.78 is 13.5. The van der Waals surface area contributed by atoms with Crippen LogP contribution in [0.1, 0.15) is 31.4 Å². The van der Waals surface area contributed by atoms with Crippen molar-refractivity contribution in [2.45, 2.75) is 25.7 Å². The molecule has 0 unspecified atom stereocenters. The quantitative estimate of drug-likeness (QED) is 0.595. The molecular weight excluding hydrogens is 413 g/mol. The molecule has 5 rings (SSSR count). The van der Waals surface area contributed by atoms with Gasteiger partial charge in [-0.1, -0.05) is 17.7 Å². The molecule has 3 aromatic rings. The molecule has 31 heavy (non-hydrogen) atoms. The molecule has 0 aliphatic carbocycles. The first-order valence-electron chi connectivity index (χ1n) is 10.6. The fourth-order valence-corrected chi connectivity index (χ4v) is 4.96. The molecule has 0 spiro atoms. The van der Waals surface area contributed by atoms with Gasteiger partial charge in [-0.3, -0.25) is 9.69 Å². The van der Waals surface area contributed by atoms with Crippen LogP contribution in [0.15, 0.2) is 48.7 Å². The summed E-state index contributed by atoms with van der Waals surface area (Å²) in [5.74, 6) is -0.0998. The van der Waals surface area contributed by atoms with E-state index in [1.807, 2.05) is 49.2 Å². The standard InChI is InChI=1S/C25H25ClFN3O/c1-25(2)21-13-17(26)3-6-23(21)30(24(25)31)12-11-29-9-7-16(8-10-29)20-15-28-22-14-18(27)4-5-19(20)22/h3-7,13-15,28H,8-12H2,1-2H3. The molecule has 6 heteroatoms. The number of aromatic nitrogens is 1. The lowest BCUT2D eigenvalue weighted by molar-refractivity contribution is -0.122. The van der Waals surface area contributed by atoms with Gasteiger partial charge >= 0.3 is 0 Å². The van der Waals surface area contributed by atoms with Crippen molar-refractivity contribution in [3.05, 3.63) is 70.6 Å². The summed E-state index contributed by atoms with van der Waals surface area (Å²) in [7, 11) is 0. The van der Waals surface area contributed by atoms with Gasteiger partial charge in [-0.2, -0.15) is 0 Å². The van der Waals surface area contributed by atoms with Crippen molar-refractivity contribution in [1.29, 1.82) is 0 Å². The van der Waals surface area contributed by atoms with Crippen molar-refractivity contribution in [2.24, 2.45) is 0 Å². The van der Waals surface area contributed by atoms with E-state index in [0.717, 1.165) is 53.8 Å². The molecule has 0 radical (unpaired) electrons. The molecule has 1 aromatic heterocycles. The molecule has 0 bridgehead atoms. The van der Waals surface area contributed by atoms with Crippen LogP contribution in [0, 0.1) is 5.82 Å². The maximum absolute atomic E-state index is 13.5. The van der Waals surface area contributed by atoms with E-state index in [4.69, 9.17) is 11.6 Å². The number of carbonyl (C=O) groups excluding carboxylic acids is 1. The minimum atomic E-state index is -0.552.